The van der Waals surface area contributed by atoms with Gasteiger partial charge in [0.25, 0.3) is 0 Å². The number of anilines is 1. The van der Waals surface area contributed by atoms with Gasteiger partial charge in [0.05, 0.1) is 0 Å². The zero-order valence-corrected chi connectivity index (χ0v) is 10.2. The second-order valence-electron chi connectivity index (χ2n) is 3.83. The van der Waals surface area contributed by atoms with Crippen molar-refractivity contribution in [3.05, 3.63) is 64.2 Å². The Morgan fingerprint density at radius 1 is 0.895 bits per heavy atom. The van der Waals surface area contributed by atoms with E-state index in [-0.39, 0.29) is 17.1 Å². The summed E-state index contributed by atoms with van der Waals surface area (Å²) in [5.41, 5.74) is -0.316. The lowest BCUT2D eigenvalue weighted by Crippen LogP contribution is -2.06. The quantitative estimate of drug-likeness (QED) is 0.820. The van der Waals surface area contributed by atoms with Gasteiger partial charge in [0.2, 0.25) is 0 Å². The predicted octanol–water partition coefficient (Wildman–Crippen LogP) is 4.51. The summed E-state index contributed by atoms with van der Waals surface area (Å²) in [4.78, 5) is 0. The van der Waals surface area contributed by atoms with E-state index in [9.17, 15) is 17.6 Å². The molecule has 0 unspecified atom stereocenters. The van der Waals surface area contributed by atoms with Gasteiger partial charge < -0.3 is 5.32 Å². The van der Waals surface area contributed by atoms with Gasteiger partial charge in [-0.2, -0.15) is 0 Å². The number of rotatable bonds is 3. The Balaban J connectivity index is 2.19. The van der Waals surface area contributed by atoms with Crippen LogP contribution in [0.5, 0.6) is 0 Å². The van der Waals surface area contributed by atoms with Crippen LogP contribution in [0.4, 0.5) is 23.2 Å². The fraction of sp³-hybridized carbons (Fsp3) is 0.0769. The molecule has 0 heterocycles. The van der Waals surface area contributed by atoms with Crippen molar-refractivity contribution in [3.8, 4) is 0 Å². The molecule has 0 aliphatic carbocycles. The normalized spacial score (nSPS) is 10.6. The summed E-state index contributed by atoms with van der Waals surface area (Å²) in [5, 5.41) is 2.61. The molecule has 0 spiro atoms. The number of hydrogen-bond donors (Lipinski definition) is 1. The van der Waals surface area contributed by atoms with Crippen LogP contribution in [0.2, 0.25) is 5.02 Å². The first-order valence-electron chi connectivity index (χ1n) is 5.29. The van der Waals surface area contributed by atoms with Crippen molar-refractivity contribution in [2.24, 2.45) is 0 Å². The molecule has 0 radical (unpaired) electrons. The van der Waals surface area contributed by atoms with Crippen LogP contribution >= 0.6 is 11.6 Å². The van der Waals surface area contributed by atoms with E-state index in [2.05, 4.69) is 5.32 Å². The maximum absolute atomic E-state index is 13.4. The van der Waals surface area contributed by atoms with Gasteiger partial charge in [-0.1, -0.05) is 17.7 Å². The van der Waals surface area contributed by atoms with Crippen LogP contribution < -0.4 is 5.32 Å². The molecule has 19 heavy (non-hydrogen) atoms. The number of nitrogens with one attached hydrogen (secondary N) is 1. The topological polar surface area (TPSA) is 12.0 Å². The van der Waals surface area contributed by atoms with Crippen molar-refractivity contribution in [2.75, 3.05) is 5.32 Å². The van der Waals surface area contributed by atoms with Crippen LogP contribution in [0.25, 0.3) is 0 Å². The SMILES string of the molecule is Fc1cc(F)c(NCc2ccc(Cl)cc2F)c(F)c1. The molecule has 0 saturated carbocycles. The van der Waals surface area contributed by atoms with E-state index in [4.69, 9.17) is 11.6 Å². The van der Waals surface area contributed by atoms with Crippen molar-refractivity contribution in [1.82, 2.24) is 0 Å². The molecule has 100 valence electrons. The van der Waals surface area contributed by atoms with Gasteiger partial charge in [0.1, 0.15) is 17.3 Å². The van der Waals surface area contributed by atoms with Gasteiger partial charge in [-0.15, -0.1) is 0 Å². The van der Waals surface area contributed by atoms with Gasteiger partial charge >= 0.3 is 0 Å². The lowest BCUT2D eigenvalue weighted by atomic mass is 10.2. The minimum Gasteiger partial charge on any atom is -0.376 e. The Kier molecular flexibility index (Phi) is 3.95. The Morgan fingerprint density at radius 2 is 1.53 bits per heavy atom. The lowest BCUT2D eigenvalue weighted by molar-refractivity contribution is 0.546. The molecule has 0 aromatic heterocycles. The van der Waals surface area contributed by atoms with Crippen molar-refractivity contribution in [2.45, 2.75) is 6.54 Å². The highest BCUT2D eigenvalue weighted by atomic mass is 35.5. The first-order valence-corrected chi connectivity index (χ1v) is 5.67. The van der Waals surface area contributed by atoms with Gasteiger partial charge in [0.15, 0.2) is 11.6 Å². The average molecular weight is 290 g/mol. The summed E-state index contributed by atoms with van der Waals surface area (Å²) in [7, 11) is 0. The summed E-state index contributed by atoms with van der Waals surface area (Å²) in [6, 6.07) is 5.03. The Morgan fingerprint density at radius 3 is 2.11 bits per heavy atom. The Hall–Kier alpha value is -1.75. The molecule has 0 aliphatic rings. The van der Waals surface area contributed by atoms with Crippen LogP contribution in [-0.4, -0.2) is 0 Å². The van der Waals surface area contributed by atoms with Gasteiger partial charge in [0, 0.05) is 29.3 Å². The second-order valence-corrected chi connectivity index (χ2v) is 4.27. The zero-order valence-electron chi connectivity index (χ0n) is 9.48. The van der Waals surface area contributed by atoms with Crippen molar-refractivity contribution < 1.29 is 17.6 Å². The first kappa shape index (κ1) is 13.7. The predicted molar refractivity (Wildman–Crippen MR) is 65.1 cm³/mol. The van der Waals surface area contributed by atoms with E-state index in [0.717, 1.165) is 6.07 Å². The maximum Gasteiger partial charge on any atom is 0.152 e. The fourth-order valence-corrected chi connectivity index (χ4v) is 1.72. The van der Waals surface area contributed by atoms with E-state index in [1.165, 1.54) is 12.1 Å². The molecule has 2 rings (SSSR count). The molecule has 0 amide bonds. The first-order chi connectivity index (χ1) is 8.97. The molecule has 0 bridgehead atoms. The Labute approximate surface area is 111 Å². The summed E-state index contributed by atoms with van der Waals surface area (Å²) in [6.45, 7) is -0.150. The third-order valence-corrected chi connectivity index (χ3v) is 2.71. The smallest absolute Gasteiger partial charge is 0.152 e. The van der Waals surface area contributed by atoms with Crippen LogP contribution in [0.3, 0.4) is 0 Å². The fourth-order valence-electron chi connectivity index (χ4n) is 1.56. The highest BCUT2D eigenvalue weighted by Gasteiger charge is 2.12. The number of benzene rings is 2. The molecule has 0 saturated heterocycles. The number of halogens is 5. The number of hydrogen-bond acceptors (Lipinski definition) is 1. The summed E-state index contributed by atoms with van der Waals surface area (Å²) >= 11 is 5.58. The van der Waals surface area contributed by atoms with Crippen LogP contribution in [0.1, 0.15) is 5.56 Å². The minimum atomic E-state index is -1.08. The molecule has 0 fully saturated rings. The molecular formula is C13H8ClF4N. The molecule has 6 heteroatoms. The summed E-state index contributed by atoms with van der Waals surface area (Å²) in [5.74, 6) is -3.76. The molecule has 0 atom stereocenters. The highest BCUT2D eigenvalue weighted by Crippen LogP contribution is 2.22. The molecule has 2 aromatic rings. The molecular weight excluding hydrogens is 282 g/mol. The van der Waals surface area contributed by atoms with Gasteiger partial charge in [-0.05, 0) is 12.1 Å². The standard InChI is InChI=1S/C13H8ClF4N/c14-8-2-1-7(10(16)3-8)6-19-13-11(17)4-9(15)5-12(13)18/h1-5,19H,6H2. The van der Waals surface area contributed by atoms with Gasteiger partial charge in [-0.25, -0.2) is 17.6 Å². The summed E-state index contributed by atoms with van der Waals surface area (Å²) in [6.07, 6.45) is 0. The van der Waals surface area contributed by atoms with Crippen LogP contribution in [0, 0.1) is 23.3 Å². The van der Waals surface area contributed by atoms with Gasteiger partial charge in [-0.3, -0.25) is 0 Å². The molecule has 2 aromatic carbocycles. The lowest BCUT2D eigenvalue weighted by Gasteiger charge is -2.09. The summed E-state index contributed by atoms with van der Waals surface area (Å²) < 4.78 is 52.8. The monoisotopic (exact) mass is 289 g/mol. The third-order valence-electron chi connectivity index (χ3n) is 2.48. The van der Waals surface area contributed by atoms with E-state index in [1.807, 2.05) is 0 Å². The van der Waals surface area contributed by atoms with E-state index in [1.54, 1.807) is 0 Å². The van der Waals surface area contributed by atoms with E-state index in [0.29, 0.717) is 12.1 Å². The van der Waals surface area contributed by atoms with Crippen molar-refractivity contribution >= 4 is 17.3 Å². The average Bonchev–Trinajstić information content (AvgIpc) is 2.30. The van der Waals surface area contributed by atoms with E-state index >= 15 is 0 Å². The van der Waals surface area contributed by atoms with Crippen molar-refractivity contribution in [3.63, 3.8) is 0 Å². The molecule has 0 aliphatic heterocycles. The van der Waals surface area contributed by atoms with Crippen LogP contribution in [0.15, 0.2) is 30.3 Å². The largest absolute Gasteiger partial charge is 0.376 e. The zero-order chi connectivity index (χ0) is 14.0. The maximum atomic E-state index is 13.4. The van der Waals surface area contributed by atoms with Crippen LogP contribution in [-0.2, 0) is 6.54 Å². The Bertz CT molecular complexity index is 593. The highest BCUT2D eigenvalue weighted by molar-refractivity contribution is 6.30. The third kappa shape index (κ3) is 3.17. The second kappa shape index (κ2) is 5.48. The van der Waals surface area contributed by atoms with E-state index < -0.39 is 29.0 Å². The molecule has 1 nitrogen and oxygen atoms in total. The van der Waals surface area contributed by atoms with Crippen molar-refractivity contribution in [1.29, 1.82) is 0 Å². The molecule has 1 N–H and O–H groups in total. The minimum absolute atomic E-state index is 0.150.